The van der Waals surface area contributed by atoms with Crippen LogP contribution in [0, 0.1) is 13.8 Å². The maximum Gasteiger partial charge on any atom is -0.0106 e. The smallest absolute Gasteiger partial charge is 0.0106 e. The van der Waals surface area contributed by atoms with Gasteiger partial charge in [0.15, 0.2) is 0 Å². The molecule has 0 fully saturated rings. The van der Waals surface area contributed by atoms with Crippen molar-refractivity contribution in [3.8, 4) is 0 Å². The van der Waals surface area contributed by atoms with Gasteiger partial charge in [-0.1, -0.05) is 104 Å². The minimum atomic E-state index is 1.16. The van der Waals surface area contributed by atoms with Crippen molar-refractivity contribution in [3.05, 3.63) is 119 Å². The van der Waals surface area contributed by atoms with Crippen LogP contribution in [0.3, 0.4) is 0 Å². The van der Waals surface area contributed by atoms with Gasteiger partial charge in [0.1, 0.15) is 0 Å². The highest BCUT2D eigenvalue weighted by atomic mass is 14.1. The fraction of sp³-hybridized carbons (Fsp3) is 0.172. The molecule has 0 aromatic heterocycles. The standard InChI is InChI=1S/C17H20.C12H14/c1-6-9-16(14(5)7-2)17-12-13(4)10-11-15(17)8-3;1-4-7-12-10(3)8-6-9-11(12)5-2/h6-12H,2-3H2,1,4-5H3;4-9H,2H2,1,3H3/b9-6-,16-14+;7-4-. The van der Waals surface area contributed by atoms with Crippen LogP contribution >= 0.6 is 0 Å². The van der Waals surface area contributed by atoms with Crippen molar-refractivity contribution in [2.45, 2.75) is 34.6 Å². The molecule has 0 bridgehead atoms. The third kappa shape index (κ3) is 6.76. The monoisotopic (exact) mass is 382 g/mol. The Bertz CT molecular complexity index is 946. The summed E-state index contributed by atoms with van der Waals surface area (Å²) in [5.74, 6) is 0. The van der Waals surface area contributed by atoms with Gasteiger partial charge in [-0.3, -0.25) is 0 Å². The van der Waals surface area contributed by atoms with Crippen LogP contribution in [0.5, 0.6) is 0 Å². The largest absolute Gasteiger partial charge is 0.0988 e. The molecule has 0 aliphatic carbocycles. The van der Waals surface area contributed by atoms with Gasteiger partial charge in [-0.2, -0.15) is 0 Å². The normalized spacial score (nSPS) is 11.6. The van der Waals surface area contributed by atoms with Gasteiger partial charge >= 0.3 is 0 Å². The van der Waals surface area contributed by atoms with Crippen molar-refractivity contribution < 1.29 is 0 Å². The second kappa shape index (κ2) is 12.4. The van der Waals surface area contributed by atoms with E-state index in [9.17, 15) is 0 Å². The van der Waals surface area contributed by atoms with Crippen LogP contribution in [0.15, 0.2) is 86.0 Å². The highest BCUT2D eigenvalue weighted by molar-refractivity contribution is 5.83. The molecule has 0 atom stereocenters. The number of hydrogen-bond acceptors (Lipinski definition) is 0. The number of rotatable bonds is 6. The van der Waals surface area contributed by atoms with Crippen molar-refractivity contribution >= 4 is 23.8 Å². The van der Waals surface area contributed by atoms with E-state index in [1.54, 1.807) is 0 Å². The zero-order valence-corrected chi connectivity index (χ0v) is 18.6. The van der Waals surface area contributed by atoms with Crippen LogP contribution in [0.1, 0.15) is 54.2 Å². The third-order valence-electron chi connectivity index (χ3n) is 4.69. The summed E-state index contributed by atoms with van der Waals surface area (Å²) in [4.78, 5) is 0. The van der Waals surface area contributed by atoms with Crippen LogP contribution in [0.4, 0.5) is 0 Å². The van der Waals surface area contributed by atoms with Gasteiger partial charge < -0.3 is 0 Å². The molecule has 0 N–H and O–H groups in total. The molecule has 2 aromatic carbocycles. The summed E-state index contributed by atoms with van der Waals surface area (Å²) in [6.07, 6.45) is 14.0. The van der Waals surface area contributed by atoms with Crippen molar-refractivity contribution in [1.29, 1.82) is 0 Å². The predicted molar refractivity (Wildman–Crippen MR) is 135 cm³/mol. The molecular weight excluding hydrogens is 348 g/mol. The second-order valence-corrected chi connectivity index (χ2v) is 6.88. The van der Waals surface area contributed by atoms with E-state index in [0.717, 1.165) is 5.56 Å². The van der Waals surface area contributed by atoms with Gasteiger partial charge in [0.05, 0.1) is 0 Å². The van der Waals surface area contributed by atoms with E-state index in [-0.39, 0.29) is 0 Å². The molecule has 0 heterocycles. The molecule has 0 saturated carbocycles. The van der Waals surface area contributed by atoms with E-state index >= 15 is 0 Å². The summed E-state index contributed by atoms with van der Waals surface area (Å²) in [7, 11) is 0. The Hall–Kier alpha value is -3.12. The fourth-order valence-corrected chi connectivity index (χ4v) is 3.07. The highest BCUT2D eigenvalue weighted by Crippen LogP contribution is 2.26. The van der Waals surface area contributed by atoms with E-state index in [0.29, 0.717) is 0 Å². The van der Waals surface area contributed by atoms with Gasteiger partial charge in [0, 0.05) is 0 Å². The van der Waals surface area contributed by atoms with Crippen molar-refractivity contribution in [3.63, 3.8) is 0 Å². The second-order valence-electron chi connectivity index (χ2n) is 6.88. The quantitative estimate of drug-likeness (QED) is 0.438. The number of allylic oxidation sites excluding steroid dienone is 6. The molecule has 0 amide bonds. The van der Waals surface area contributed by atoms with Crippen molar-refractivity contribution in [1.82, 2.24) is 0 Å². The summed E-state index contributed by atoms with van der Waals surface area (Å²) in [5.41, 5.74) is 9.79. The highest BCUT2D eigenvalue weighted by Gasteiger charge is 2.05. The number of aryl methyl sites for hydroxylation is 2. The SMILES string of the molecule is C=C/C(C)=C(\C=C/C)c1cc(C)ccc1C=C.C=Cc1cccc(C)c1/C=C\C. The Morgan fingerprint density at radius 3 is 2.10 bits per heavy atom. The molecule has 0 aliphatic rings. The van der Waals surface area contributed by atoms with E-state index in [2.05, 4.69) is 101 Å². The summed E-state index contributed by atoms with van der Waals surface area (Å²) in [5, 5.41) is 0. The van der Waals surface area contributed by atoms with Crippen LogP contribution in [-0.2, 0) is 0 Å². The van der Waals surface area contributed by atoms with E-state index < -0.39 is 0 Å². The maximum atomic E-state index is 3.88. The van der Waals surface area contributed by atoms with Crippen LogP contribution in [0.2, 0.25) is 0 Å². The zero-order valence-electron chi connectivity index (χ0n) is 18.6. The summed E-state index contributed by atoms with van der Waals surface area (Å²) in [6, 6.07) is 12.7. The molecule has 29 heavy (non-hydrogen) atoms. The first-order chi connectivity index (χ1) is 13.9. The Labute approximate surface area is 178 Å². The predicted octanol–water partition coefficient (Wildman–Crippen LogP) is 8.84. The summed E-state index contributed by atoms with van der Waals surface area (Å²) >= 11 is 0. The molecule has 0 aliphatic heterocycles. The van der Waals surface area contributed by atoms with E-state index in [4.69, 9.17) is 0 Å². The van der Waals surface area contributed by atoms with Crippen LogP contribution in [0.25, 0.3) is 23.8 Å². The molecule has 0 saturated heterocycles. The lowest BCUT2D eigenvalue weighted by Crippen LogP contribution is -1.90. The first-order valence-corrected chi connectivity index (χ1v) is 9.97. The summed E-state index contributed by atoms with van der Waals surface area (Å²) in [6.45, 7) is 21.9. The van der Waals surface area contributed by atoms with Crippen molar-refractivity contribution in [2.24, 2.45) is 0 Å². The molecule has 0 spiro atoms. The Morgan fingerprint density at radius 1 is 0.862 bits per heavy atom. The van der Waals surface area contributed by atoms with E-state index in [1.807, 2.05) is 32.1 Å². The average Bonchev–Trinajstić information content (AvgIpc) is 2.73. The zero-order chi connectivity index (χ0) is 21.8. The molecular formula is C29H34. The molecule has 2 rings (SSSR count). The summed E-state index contributed by atoms with van der Waals surface area (Å²) < 4.78 is 0. The molecule has 150 valence electrons. The third-order valence-corrected chi connectivity index (χ3v) is 4.69. The van der Waals surface area contributed by atoms with Crippen LogP contribution in [-0.4, -0.2) is 0 Å². The lowest BCUT2D eigenvalue weighted by molar-refractivity contribution is 1.41. The van der Waals surface area contributed by atoms with Gasteiger partial charge in [0.25, 0.3) is 0 Å². The van der Waals surface area contributed by atoms with Crippen LogP contribution < -0.4 is 0 Å². The fourth-order valence-electron chi connectivity index (χ4n) is 3.07. The molecule has 0 heteroatoms. The molecule has 2 aromatic rings. The minimum absolute atomic E-state index is 1.16. The molecule has 0 radical (unpaired) electrons. The van der Waals surface area contributed by atoms with Gasteiger partial charge in [0.2, 0.25) is 0 Å². The van der Waals surface area contributed by atoms with Gasteiger partial charge in [-0.15, -0.1) is 0 Å². The Morgan fingerprint density at radius 2 is 1.55 bits per heavy atom. The minimum Gasteiger partial charge on any atom is -0.0988 e. The molecule has 0 unspecified atom stereocenters. The maximum absolute atomic E-state index is 3.88. The lowest BCUT2D eigenvalue weighted by atomic mass is 9.94. The number of benzene rings is 2. The first kappa shape index (κ1) is 23.9. The topological polar surface area (TPSA) is 0 Å². The van der Waals surface area contributed by atoms with E-state index in [1.165, 1.54) is 39.0 Å². The Kier molecular flexibility index (Phi) is 10.2. The Balaban J connectivity index is 0.000000308. The van der Waals surface area contributed by atoms with Gasteiger partial charge in [-0.25, -0.2) is 0 Å². The van der Waals surface area contributed by atoms with Crippen molar-refractivity contribution in [2.75, 3.05) is 0 Å². The van der Waals surface area contributed by atoms with Gasteiger partial charge in [-0.05, 0) is 73.6 Å². The lowest BCUT2D eigenvalue weighted by Gasteiger charge is -2.11. The molecule has 0 nitrogen and oxygen atoms in total. The first-order valence-electron chi connectivity index (χ1n) is 9.97. The average molecular weight is 383 g/mol. The number of hydrogen-bond donors (Lipinski definition) is 0.